The van der Waals surface area contributed by atoms with Crippen molar-refractivity contribution in [2.45, 2.75) is 12.8 Å². The SMILES string of the molecule is C=C(C(=O)N1CCCC1)c1cc[c]c(Cl)c1Cl. The van der Waals surface area contributed by atoms with E-state index < -0.39 is 0 Å². The van der Waals surface area contributed by atoms with Crippen LogP contribution in [0.5, 0.6) is 0 Å². The summed E-state index contributed by atoms with van der Waals surface area (Å²) in [5, 5.41) is 0.659. The van der Waals surface area contributed by atoms with Gasteiger partial charge in [-0.25, -0.2) is 0 Å². The molecule has 0 aromatic heterocycles. The first-order chi connectivity index (χ1) is 8.11. The predicted octanol–water partition coefficient (Wildman–Crippen LogP) is 3.43. The molecule has 2 nitrogen and oxygen atoms in total. The number of hydrogen-bond donors (Lipinski definition) is 0. The minimum Gasteiger partial charge on any atom is -0.339 e. The molecule has 1 aromatic rings. The molecule has 1 amide bonds. The first-order valence-electron chi connectivity index (χ1n) is 5.45. The van der Waals surface area contributed by atoms with Crippen LogP contribution in [0.15, 0.2) is 18.7 Å². The van der Waals surface area contributed by atoms with Crippen LogP contribution in [0.2, 0.25) is 10.0 Å². The van der Waals surface area contributed by atoms with E-state index in [1.807, 2.05) is 0 Å². The highest BCUT2D eigenvalue weighted by molar-refractivity contribution is 6.44. The van der Waals surface area contributed by atoms with E-state index in [4.69, 9.17) is 23.2 Å². The van der Waals surface area contributed by atoms with Crippen LogP contribution in [0.25, 0.3) is 5.57 Å². The van der Waals surface area contributed by atoms with Crippen LogP contribution in [-0.2, 0) is 4.79 Å². The third-order valence-corrected chi connectivity index (χ3v) is 3.65. The second-order valence-electron chi connectivity index (χ2n) is 4.00. The van der Waals surface area contributed by atoms with Gasteiger partial charge in [0.15, 0.2) is 0 Å². The summed E-state index contributed by atoms with van der Waals surface area (Å²) in [5.74, 6) is -0.0633. The van der Waals surface area contributed by atoms with Gasteiger partial charge in [0.05, 0.1) is 10.0 Å². The molecule has 0 aliphatic carbocycles. The molecule has 17 heavy (non-hydrogen) atoms. The number of halogens is 2. The Morgan fingerprint density at radius 3 is 2.65 bits per heavy atom. The van der Waals surface area contributed by atoms with Gasteiger partial charge >= 0.3 is 0 Å². The van der Waals surface area contributed by atoms with Crippen molar-refractivity contribution < 1.29 is 4.79 Å². The Morgan fingerprint density at radius 2 is 2.00 bits per heavy atom. The van der Waals surface area contributed by atoms with Gasteiger partial charge in [-0.3, -0.25) is 4.79 Å². The molecule has 0 atom stereocenters. The maximum atomic E-state index is 12.1. The fourth-order valence-electron chi connectivity index (χ4n) is 1.91. The Balaban J connectivity index is 2.24. The molecule has 0 spiro atoms. The molecule has 1 saturated heterocycles. The molecule has 4 heteroatoms. The van der Waals surface area contributed by atoms with Crippen molar-refractivity contribution in [2.75, 3.05) is 13.1 Å². The average Bonchev–Trinajstić information content (AvgIpc) is 2.84. The van der Waals surface area contributed by atoms with Gasteiger partial charge in [-0.15, -0.1) is 0 Å². The van der Waals surface area contributed by atoms with E-state index >= 15 is 0 Å². The maximum absolute atomic E-state index is 12.1. The predicted molar refractivity (Wildman–Crippen MR) is 70.1 cm³/mol. The molecular formula is C13H12Cl2NO. The lowest BCUT2D eigenvalue weighted by molar-refractivity contribution is -0.123. The molecule has 0 unspecified atom stereocenters. The molecule has 1 radical (unpaired) electrons. The van der Waals surface area contributed by atoms with Crippen LogP contribution >= 0.6 is 23.2 Å². The van der Waals surface area contributed by atoms with Gasteiger partial charge in [-0.1, -0.05) is 41.9 Å². The van der Waals surface area contributed by atoms with Gasteiger partial charge in [-0.05, 0) is 12.8 Å². The van der Waals surface area contributed by atoms with E-state index in [0.717, 1.165) is 25.9 Å². The van der Waals surface area contributed by atoms with Crippen molar-refractivity contribution in [3.05, 3.63) is 40.4 Å². The van der Waals surface area contributed by atoms with Crippen molar-refractivity contribution in [3.63, 3.8) is 0 Å². The van der Waals surface area contributed by atoms with E-state index in [9.17, 15) is 4.79 Å². The van der Waals surface area contributed by atoms with Gasteiger partial charge in [0.1, 0.15) is 0 Å². The van der Waals surface area contributed by atoms with Crippen molar-refractivity contribution in [1.29, 1.82) is 0 Å². The number of hydrogen-bond acceptors (Lipinski definition) is 1. The van der Waals surface area contributed by atoms with E-state index in [1.165, 1.54) is 0 Å². The summed E-state index contributed by atoms with van der Waals surface area (Å²) < 4.78 is 0. The molecule has 1 aromatic carbocycles. The van der Waals surface area contributed by atoms with Gasteiger partial charge in [0.2, 0.25) is 0 Å². The average molecular weight is 269 g/mol. The molecule has 89 valence electrons. The van der Waals surface area contributed by atoms with Crippen molar-refractivity contribution >= 4 is 34.7 Å². The number of likely N-dealkylation sites (tertiary alicyclic amines) is 1. The first kappa shape index (κ1) is 12.5. The van der Waals surface area contributed by atoms with E-state index in [0.29, 0.717) is 21.2 Å². The zero-order chi connectivity index (χ0) is 12.4. The number of carbonyl (C=O) groups is 1. The summed E-state index contributed by atoms with van der Waals surface area (Å²) >= 11 is 11.9. The van der Waals surface area contributed by atoms with Crippen LogP contribution in [0, 0.1) is 6.07 Å². The highest BCUT2D eigenvalue weighted by Crippen LogP contribution is 2.30. The second-order valence-corrected chi connectivity index (χ2v) is 4.75. The van der Waals surface area contributed by atoms with Crippen LogP contribution in [0.4, 0.5) is 0 Å². The lowest BCUT2D eigenvalue weighted by atomic mass is 10.1. The Labute approximate surface area is 111 Å². The van der Waals surface area contributed by atoms with Crippen LogP contribution in [-0.4, -0.2) is 23.9 Å². The van der Waals surface area contributed by atoms with Crippen molar-refractivity contribution in [3.8, 4) is 0 Å². The Kier molecular flexibility index (Phi) is 3.75. The van der Waals surface area contributed by atoms with E-state index in [2.05, 4.69) is 12.6 Å². The molecule has 0 saturated carbocycles. The lowest BCUT2D eigenvalue weighted by Crippen LogP contribution is -2.28. The number of amides is 1. The third kappa shape index (κ3) is 2.48. The normalized spacial score (nSPS) is 15.1. The quantitative estimate of drug-likeness (QED) is 0.753. The third-order valence-electron chi connectivity index (χ3n) is 2.87. The highest BCUT2D eigenvalue weighted by Gasteiger charge is 2.22. The molecule has 1 fully saturated rings. The van der Waals surface area contributed by atoms with Crippen molar-refractivity contribution in [1.82, 2.24) is 4.90 Å². The molecule has 1 heterocycles. The van der Waals surface area contributed by atoms with E-state index in [1.54, 1.807) is 17.0 Å². The minimum absolute atomic E-state index is 0.0633. The molecule has 0 N–H and O–H groups in total. The Morgan fingerprint density at radius 1 is 1.35 bits per heavy atom. The monoisotopic (exact) mass is 268 g/mol. The standard InChI is InChI=1S/C13H12Cl2NO/c1-9(13(17)16-7-2-3-8-16)10-5-4-6-11(14)12(10)15/h4-5H,1-3,7-8H2. The summed E-state index contributed by atoms with van der Waals surface area (Å²) in [7, 11) is 0. The minimum atomic E-state index is -0.0633. The molecule has 1 aliphatic heterocycles. The zero-order valence-electron chi connectivity index (χ0n) is 9.30. The van der Waals surface area contributed by atoms with Crippen LogP contribution < -0.4 is 0 Å². The lowest BCUT2D eigenvalue weighted by Gasteiger charge is -2.17. The van der Waals surface area contributed by atoms with Crippen LogP contribution in [0.3, 0.4) is 0 Å². The van der Waals surface area contributed by atoms with Gasteiger partial charge in [-0.2, -0.15) is 0 Å². The topological polar surface area (TPSA) is 20.3 Å². The molecule has 0 bridgehead atoms. The fraction of sp³-hybridized carbons (Fsp3) is 0.308. The largest absolute Gasteiger partial charge is 0.339 e. The number of nitrogens with zero attached hydrogens (tertiary/aromatic N) is 1. The molecular weight excluding hydrogens is 257 g/mol. The van der Waals surface area contributed by atoms with E-state index in [-0.39, 0.29) is 5.91 Å². The van der Waals surface area contributed by atoms with Gasteiger partial charge < -0.3 is 4.90 Å². The van der Waals surface area contributed by atoms with Gasteiger partial charge in [0.25, 0.3) is 5.91 Å². The Bertz CT molecular complexity index is 464. The zero-order valence-corrected chi connectivity index (χ0v) is 10.8. The Hall–Kier alpha value is -0.990. The van der Waals surface area contributed by atoms with Crippen molar-refractivity contribution in [2.24, 2.45) is 0 Å². The summed E-state index contributed by atoms with van der Waals surface area (Å²) in [6.45, 7) is 5.41. The molecule has 1 aliphatic rings. The second kappa shape index (κ2) is 5.11. The smallest absolute Gasteiger partial charge is 0.253 e. The maximum Gasteiger partial charge on any atom is 0.253 e. The number of carbonyl (C=O) groups excluding carboxylic acids is 1. The fourth-order valence-corrected chi connectivity index (χ4v) is 2.31. The molecule has 2 rings (SSSR count). The van der Waals surface area contributed by atoms with Gasteiger partial charge in [0, 0.05) is 30.3 Å². The first-order valence-corrected chi connectivity index (χ1v) is 6.21. The summed E-state index contributed by atoms with van der Waals surface area (Å²) in [4.78, 5) is 13.9. The summed E-state index contributed by atoms with van der Waals surface area (Å²) in [6, 6.07) is 6.13. The van der Waals surface area contributed by atoms with Crippen LogP contribution in [0.1, 0.15) is 18.4 Å². The highest BCUT2D eigenvalue weighted by atomic mass is 35.5. The number of rotatable bonds is 2. The summed E-state index contributed by atoms with van der Waals surface area (Å²) in [6.07, 6.45) is 2.10. The summed E-state index contributed by atoms with van der Waals surface area (Å²) in [5.41, 5.74) is 0.986. The number of benzene rings is 1.